The lowest BCUT2D eigenvalue weighted by molar-refractivity contribution is -0.919. The molecular formula is C8H20N2O7P+. The molecule has 0 fully saturated rings. The molecule has 0 spiro atoms. The summed E-state index contributed by atoms with van der Waals surface area (Å²) in [6, 6.07) is 0. The number of hydrogen-bond acceptors (Lipinski definition) is 5. The number of likely N-dealkylation sites (N-methyl/N-ethyl adjacent to an activating group) is 1. The van der Waals surface area contributed by atoms with E-state index in [9.17, 15) is 29.4 Å². The largest absolute Gasteiger partial charge is 0.476 e. The van der Waals surface area contributed by atoms with Crippen LogP contribution in [0.4, 0.5) is 0 Å². The highest BCUT2D eigenvalue weighted by Crippen LogP contribution is 2.56. The Morgan fingerprint density at radius 1 is 1.44 bits per heavy atom. The summed E-state index contributed by atoms with van der Waals surface area (Å²) >= 11 is 0. The lowest BCUT2D eigenvalue weighted by Crippen LogP contribution is -2.66. The SMILES string of the molecule is C[N+](C)(CN)C(CC(O)CO)(C(=O)O)P(=O)(O)O. The molecule has 2 atom stereocenters. The van der Waals surface area contributed by atoms with E-state index < -0.39 is 42.5 Å². The van der Waals surface area contributed by atoms with E-state index >= 15 is 0 Å². The van der Waals surface area contributed by atoms with Gasteiger partial charge in [0, 0.05) is 0 Å². The number of aliphatic carboxylic acids is 1. The standard InChI is InChI=1S/C8H19N2O7P/c1-10(2,5-9)8(7(13)14,18(15,16)17)3-6(12)4-11/h6,11-12H,3-5,9H2,1-2H3,(H2-,13,14,15,16,17)/p+1. The number of quaternary nitrogens is 1. The minimum absolute atomic E-state index is 0.366. The number of carboxylic acid groups (broad SMARTS) is 1. The van der Waals surface area contributed by atoms with Crippen molar-refractivity contribution in [3.8, 4) is 0 Å². The molecule has 9 nitrogen and oxygen atoms in total. The number of rotatable bonds is 7. The topological polar surface area (TPSA) is 161 Å². The zero-order valence-corrected chi connectivity index (χ0v) is 11.1. The second kappa shape index (κ2) is 5.62. The molecule has 0 aliphatic carbocycles. The first-order valence-electron chi connectivity index (χ1n) is 5.07. The molecule has 0 amide bonds. The van der Waals surface area contributed by atoms with Crippen molar-refractivity contribution < 1.29 is 38.9 Å². The van der Waals surface area contributed by atoms with Crippen LogP contribution in [-0.4, -0.2) is 74.3 Å². The van der Waals surface area contributed by atoms with Gasteiger partial charge in [0.15, 0.2) is 0 Å². The van der Waals surface area contributed by atoms with Crippen LogP contribution in [-0.2, 0) is 9.36 Å². The summed E-state index contributed by atoms with van der Waals surface area (Å²) in [5.74, 6) is -1.78. The third-order valence-electron chi connectivity index (χ3n) is 3.01. The van der Waals surface area contributed by atoms with Crippen LogP contribution in [0.5, 0.6) is 0 Å². The van der Waals surface area contributed by atoms with Gasteiger partial charge >= 0.3 is 13.6 Å². The number of aliphatic hydroxyl groups is 2. The van der Waals surface area contributed by atoms with Crippen LogP contribution in [0.2, 0.25) is 0 Å². The maximum absolute atomic E-state index is 11.6. The Balaban J connectivity index is 5.92. The quantitative estimate of drug-likeness (QED) is 0.173. The van der Waals surface area contributed by atoms with Gasteiger partial charge in [0.2, 0.25) is 0 Å². The summed E-state index contributed by atoms with van der Waals surface area (Å²) in [6.45, 7) is -1.17. The maximum Gasteiger partial charge on any atom is 0.397 e. The van der Waals surface area contributed by atoms with Gasteiger partial charge in [-0.25, -0.2) is 4.79 Å². The van der Waals surface area contributed by atoms with Crippen LogP contribution >= 0.6 is 7.60 Å². The van der Waals surface area contributed by atoms with Crippen LogP contribution in [0.1, 0.15) is 6.42 Å². The second-order valence-corrected chi connectivity index (χ2v) is 6.40. The predicted molar refractivity (Wildman–Crippen MR) is 61.3 cm³/mol. The Morgan fingerprint density at radius 2 is 1.89 bits per heavy atom. The molecule has 0 aromatic rings. The molecule has 7 N–H and O–H groups in total. The first-order chi connectivity index (χ1) is 7.96. The van der Waals surface area contributed by atoms with Crippen LogP contribution < -0.4 is 5.73 Å². The lowest BCUT2D eigenvalue weighted by atomic mass is 10.1. The zero-order chi connectivity index (χ0) is 14.8. The number of nitrogens with two attached hydrogens (primary N) is 1. The average molecular weight is 287 g/mol. The van der Waals surface area contributed by atoms with Crippen LogP contribution in [0, 0.1) is 0 Å². The smallest absolute Gasteiger partial charge is 0.397 e. The fourth-order valence-electron chi connectivity index (χ4n) is 1.73. The monoisotopic (exact) mass is 287 g/mol. The molecule has 0 saturated heterocycles. The third kappa shape index (κ3) is 2.89. The van der Waals surface area contributed by atoms with E-state index in [1.54, 1.807) is 0 Å². The van der Waals surface area contributed by atoms with Crippen molar-refractivity contribution in [1.29, 1.82) is 0 Å². The predicted octanol–water partition coefficient (Wildman–Crippen LogP) is -2.32. The van der Waals surface area contributed by atoms with Crippen molar-refractivity contribution in [2.45, 2.75) is 17.8 Å². The molecule has 2 unspecified atom stereocenters. The molecule has 108 valence electrons. The summed E-state index contributed by atoms with van der Waals surface area (Å²) in [5.41, 5.74) is 5.37. The normalized spacial score (nSPS) is 18.2. The number of aliphatic hydroxyl groups excluding tert-OH is 2. The molecular weight excluding hydrogens is 267 g/mol. The molecule has 0 aromatic carbocycles. The van der Waals surface area contributed by atoms with E-state index in [1.165, 1.54) is 14.1 Å². The van der Waals surface area contributed by atoms with Gasteiger partial charge in [-0.05, 0) is 0 Å². The number of carbonyl (C=O) groups is 1. The molecule has 0 heterocycles. The van der Waals surface area contributed by atoms with E-state index in [0.29, 0.717) is 0 Å². The van der Waals surface area contributed by atoms with Crippen molar-refractivity contribution >= 4 is 13.6 Å². The van der Waals surface area contributed by atoms with Gasteiger partial charge in [-0.15, -0.1) is 0 Å². The highest BCUT2D eigenvalue weighted by molar-refractivity contribution is 7.54. The van der Waals surface area contributed by atoms with Crippen molar-refractivity contribution in [3.05, 3.63) is 0 Å². The Hall–Kier alpha value is -0.540. The summed E-state index contributed by atoms with van der Waals surface area (Å²) < 4.78 is 10.9. The number of nitrogens with zero attached hydrogens (tertiary/aromatic N) is 1. The lowest BCUT2D eigenvalue weighted by Gasteiger charge is -2.44. The van der Waals surface area contributed by atoms with Gasteiger partial charge in [0.1, 0.15) is 6.67 Å². The third-order valence-corrected chi connectivity index (χ3v) is 4.89. The summed E-state index contributed by atoms with van der Waals surface area (Å²) in [7, 11) is -2.68. The Morgan fingerprint density at radius 3 is 2.11 bits per heavy atom. The molecule has 0 bridgehead atoms. The van der Waals surface area contributed by atoms with Crippen molar-refractivity contribution in [2.75, 3.05) is 27.4 Å². The Bertz CT molecular complexity index is 355. The number of hydrogen-bond donors (Lipinski definition) is 6. The molecule has 0 aliphatic heterocycles. The molecule has 18 heavy (non-hydrogen) atoms. The summed E-state index contributed by atoms with van der Waals surface area (Å²) in [5, 5.41) is 24.7. The first kappa shape index (κ1) is 17.5. The molecule has 0 aliphatic rings. The summed E-state index contributed by atoms with van der Waals surface area (Å²) in [4.78, 5) is 30.1. The van der Waals surface area contributed by atoms with Gasteiger partial charge in [-0.2, -0.15) is 0 Å². The summed E-state index contributed by atoms with van der Waals surface area (Å²) in [6.07, 6.45) is -2.38. The van der Waals surface area contributed by atoms with Crippen molar-refractivity contribution in [3.63, 3.8) is 0 Å². The Kier molecular flexibility index (Phi) is 5.45. The molecule has 0 radical (unpaired) electrons. The van der Waals surface area contributed by atoms with E-state index in [2.05, 4.69) is 0 Å². The van der Waals surface area contributed by atoms with Crippen LogP contribution in [0.15, 0.2) is 0 Å². The van der Waals surface area contributed by atoms with Gasteiger partial charge in [0.05, 0.1) is 33.2 Å². The minimum atomic E-state index is -5.15. The van der Waals surface area contributed by atoms with E-state index in [4.69, 9.17) is 10.8 Å². The number of carboxylic acids is 1. The zero-order valence-electron chi connectivity index (χ0n) is 10.2. The van der Waals surface area contributed by atoms with Gasteiger partial charge in [0.25, 0.3) is 5.28 Å². The minimum Gasteiger partial charge on any atom is -0.476 e. The van der Waals surface area contributed by atoms with E-state index in [1.807, 2.05) is 0 Å². The molecule has 0 rings (SSSR count). The fraction of sp³-hybridized carbons (Fsp3) is 0.875. The first-order valence-corrected chi connectivity index (χ1v) is 6.68. The van der Waals surface area contributed by atoms with Crippen LogP contribution in [0.3, 0.4) is 0 Å². The average Bonchev–Trinajstić information content (AvgIpc) is 2.22. The molecule has 0 aromatic heterocycles. The second-order valence-electron chi connectivity index (χ2n) is 4.57. The van der Waals surface area contributed by atoms with Gasteiger partial charge < -0.3 is 25.1 Å². The van der Waals surface area contributed by atoms with Crippen molar-refractivity contribution in [2.24, 2.45) is 5.73 Å². The van der Waals surface area contributed by atoms with Crippen molar-refractivity contribution in [1.82, 2.24) is 0 Å². The Labute approximate surface area is 104 Å². The highest BCUT2D eigenvalue weighted by Gasteiger charge is 2.66. The fourth-order valence-corrected chi connectivity index (χ4v) is 3.22. The van der Waals surface area contributed by atoms with E-state index in [-0.39, 0.29) is 6.67 Å². The van der Waals surface area contributed by atoms with Crippen LogP contribution in [0.25, 0.3) is 0 Å². The van der Waals surface area contributed by atoms with E-state index in [0.717, 1.165) is 0 Å². The highest BCUT2D eigenvalue weighted by atomic mass is 31.2. The maximum atomic E-state index is 11.6. The molecule has 10 heteroatoms. The van der Waals surface area contributed by atoms with Gasteiger partial charge in [-0.3, -0.25) is 14.8 Å². The van der Waals surface area contributed by atoms with Gasteiger partial charge in [-0.1, -0.05) is 0 Å². The molecule has 0 saturated carbocycles.